The number of β-amino-alcohol motifs (C(OH)–C–C–N with tert-alkyl or cyclic N) is 1. The van der Waals surface area contributed by atoms with Crippen molar-refractivity contribution in [2.24, 2.45) is 0 Å². The van der Waals surface area contributed by atoms with Crippen LogP contribution in [0.25, 0.3) is 0 Å². The third kappa shape index (κ3) is 2.31. The minimum Gasteiger partial charge on any atom is -0.392 e. The lowest BCUT2D eigenvalue weighted by molar-refractivity contribution is 0.187. The van der Waals surface area contributed by atoms with Crippen LogP contribution in [0.15, 0.2) is 0 Å². The predicted octanol–water partition coefficient (Wildman–Crippen LogP) is -1.80. The van der Waals surface area contributed by atoms with Crippen LogP contribution in [0, 0.1) is 0 Å². The second-order valence-corrected chi connectivity index (χ2v) is 5.89. The first-order valence-electron chi connectivity index (χ1n) is 5.25. The van der Waals surface area contributed by atoms with Crippen LogP contribution in [0.3, 0.4) is 0 Å². The van der Waals surface area contributed by atoms with Gasteiger partial charge in [0.05, 0.1) is 6.10 Å². The summed E-state index contributed by atoms with van der Waals surface area (Å²) in [6.07, 6.45) is 0.0494. The smallest absolute Gasteiger partial charge is 0.282 e. The van der Waals surface area contributed by atoms with Crippen molar-refractivity contribution in [1.29, 1.82) is 0 Å². The summed E-state index contributed by atoms with van der Waals surface area (Å²) in [6.45, 7) is 3.13. The number of hydrogen-bond donors (Lipinski definition) is 2. The van der Waals surface area contributed by atoms with E-state index < -0.39 is 16.3 Å². The Labute approximate surface area is 90.0 Å². The van der Waals surface area contributed by atoms with E-state index in [1.54, 1.807) is 0 Å². The van der Waals surface area contributed by atoms with Gasteiger partial charge in [0.15, 0.2) is 0 Å². The van der Waals surface area contributed by atoms with Crippen LogP contribution in [0.5, 0.6) is 0 Å². The number of aliphatic hydroxyl groups is 1. The maximum absolute atomic E-state index is 12.0. The molecule has 0 unspecified atom stereocenters. The molecule has 0 aliphatic carbocycles. The summed E-state index contributed by atoms with van der Waals surface area (Å²) in [5.41, 5.74) is 0. The van der Waals surface area contributed by atoms with E-state index in [2.05, 4.69) is 5.32 Å². The van der Waals surface area contributed by atoms with E-state index in [1.807, 2.05) is 0 Å². The molecule has 0 aromatic carbocycles. The fraction of sp³-hybridized carbons (Fsp3) is 1.00. The Hall–Kier alpha value is -0.210. The van der Waals surface area contributed by atoms with Gasteiger partial charge in [0, 0.05) is 39.3 Å². The van der Waals surface area contributed by atoms with Gasteiger partial charge in [0.2, 0.25) is 0 Å². The summed E-state index contributed by atoms with van der Waals surface area (Å²) < 4.78 is 27.0. The fourth-order valence-electron chi connectivity index (χ4n) is 1.96. The molecular weight excluding hydrogens is 218 g/mol. The minimum atomic E-state index is -3.33. The second kappa shape index (κ2) is 4.34. The second-order valence-electron chi connectivity index (χ2n) is 3.96. The summed E-state index contributed by atoms with van der Waals surface area (Å²) in [4.78, 5) is 0. The predicted molar refractivity (Wildman–Crippen MR) is 55.6 cm³/mol. The molecule has 2 N–H and O–H groups in total. The Balaban J connectivity index is 2.05. The van der Waals surface area contributed by atoms with Crippen molar-refractivity contribution in [1.82, 2.24) is 13.9 Å². The number of hydrogen-bond acceptors (Lipinski definition) is 4. The molecule has 2 saturated heterocycles. The Kier molecular flexibility index (Phi) is 3.27. The molecule has 0 radical (unpaired) electrons. The standard InChI is InChI=1S/C8H17N3O3S/c12-8-1-4-11(7-8)15(13,14)10-5-2-9-3-6-10/h8-9,12H,1-7H2/t8-/m0/s1. The highest BCUT2D eigenvalue weighted by atomic mass is 32.2. The zero-order valence-corrected chi connectivity index (χ0v) is 9.41. The zero-order valence-electron chi connectivity index (χ0n) is 8.59. The molecule has 15 heavy (non-hydrogen) atoms. The van der Waals surface area contributed by atoms with Gasteiger partial charge in [-0.05, 0) is 6.42 Å². The van der Waals surface area contributed by atoms with Gasteiger partial charge in [0.25, 0.3) is 10.2 Å². The zero-order chi connectivity index (χ0) is 10.9. The van der Waals surface area contributed by atoms with Crippen molar-refractivity contribution in [3.63, 3.8) is 0 Å². The molecule has 2 aliphatic heterocycles. The topological polar surface area (TPSA) is 72.9 Å². The largest absolute Gasteiger partial charge is 0.392 e. The highest BCUT2D eigenvalue weighted by molar-refractivity contribution is 7.86. The van der Waals surface area contributed by atoms with Crippen LogP contribution in [0.4, 0.5) is 0 Å². The molecule has 2 rings (SSSR count). The van der Waals surface area contributed by atoms with Gasteiger partial charge < -0.3 is 10.4 Å². The molecular formula is C8H17N3O3S. The lowest BCUT2D eigenvalue weighted by atomic mass is 10.3. The average molecular weight is 235 g/mol. The third-order valence-corrected chi connectivity index (χ3v) is 4.86. The van der Waals surface area contributed by atoms with Crippen molar-refractivity contribution in [3.8, 4) is 0 Å². The van der Waals surface area contributed by atoms with Gasteiger partial charge >= 0.3 is 0 Å². The molecule has 6 nitrogen and oxygen atoms in total. The molecule has 0 spiro atoms. The number of piperazine rings is 1. The first-order valence-corrected chi connectivity index (χ1v) is 6.64. The Morgan fingerprint density at radius 1 is 1.13 bits per heavy atom. The molecule has 7 heteroatoms. The molecule has 2 aliphatic rings. The molecule has 0 amide bonds. The lowest BCUT2D eigenvalue weighted by Crippen LogP contribution is -2.51. The first-order chi connectivity index (χ1) is 7.10. The van der Waals surface area contributed by atoms with Gasteiger partial charge in [0.1, 0.15) is 0 Å². The summed E-state index contributed by atoms with van der Waals surface area (Å²) in [5.74, 6) is 0. The van der Waals surface area contributed by atoms with Crippen molar-refractivity contribution in [2.45, 2.75) is 12.5 Å². The van der Waals surface area contributed by atoms with E-state index in [4.69, 9.17) is 0 Å². The van der Waals surface area contributed by atoms with E-state index in [-0.39, 0.29) is 6.54 Å². The van der Waals surface area contributed by atoms with Crippen molar-refractivity contribution < 1.29 is 13.5 Å². The van der Waals surface area contributed by atoms with Crippen LogP contribution in [0.1, 0.15) is 6.42 Å². The maximum Gasteiger partial charge on any atom is 0.282 e. The van der Waals surface area contributed by atoms with Crippen LogP contribution in [0.2, 0.25) is 0 Å². The van der Waals surface area contributed by atoms with Crippen molar-refractivity contribution in [3.05, 3.63) is 0 Å². The van der Waals surface area contributed by atoms with E-state index in [0.717, 1.165) is 0 Å². The van der Waals surface area contributed by atoms with E-state index in [0.29, 0.717) is 39.1 Å². The quantitative estimate of drug-likeness (QED) is 0.592. The molecule has 2 heterocycles. The van der Waals surface area contributed by atoms with E-state index >= 15 is 0 Å². The van der Waals surface area contributed by atoms with Crippen molar-refractivity contribution in [2.75, 3.05) is 39.3 Å². The Morgan fingerprint density at radius 3 is 2.33 bits per heavy atom. The van der Waals surface area contributed by atoms with E-state index in [9.17, 15) is 13.5 Å². The number of nitrogens with one attached hydrogen (secondary N) is 1. The minimum absolute atomic E-state index is 0.242. The van der Waals surface area contributed by atoms with Gasteiger partial charge in [-0.2, -0.15) is 17.0 Å². The summed E-state index contributed by atoms with van der Waals surface area (Å²) in [5, 5.41) is 12.4. The number of nitrogens with zero attached hydrogens (tertiary/aromatic N) is 2. The average Bonchev–Trinajstić information content (AvgIpc) is 2.67. The van der Waals surface area contributed by atoms with Crippen LogP contribution in [-0.2, 0) is 10.2 Å². The molecule has 0 bridgehead atoms. The fourth-order valence-corrected chi connectivity index (χ4v) is 3.63. The molecule has 0 aromatic rings. The van der Waals surface area contributed by atoms with Crippen LogP contribution >= 0.6 is 0 Å². The Morgan fingerprint density at radius 2 is 1.80 bits per heavy atom. The summed E-state index contributed by atoms with van der Waals surface area (Å²) in [6, 6.07) is 0. The molecule has 1 atom stereocenters. The normalized spacial score (nSPS) is 30.9. The van der Waals surface area contributed by atoms with Gasteiger partial charge in [-0.1, -0.05) is 0 Å². The maximum atomic E-state index is 12.0. The SMILES string of the molecule is O=S(=O)(N1CCNCC1)N1CC[C@H](O)C1. The summed E-state index contributed by atoms with van der Waals surface area (Å²) >= 11 is 0. The molecule has 88 valence electrons. The lowest BCUT2D eigenvalue weighted by Gasteiger charge is -2.30. The number of aliphatic hydroxyl groups excluding tert-OH is 1. The van der Waals surface area contributed by atoms with Gasteiger partial charge in [-0.15, -0.1) is 0 Å². The third-order valence-electron chi connectivity index (χ3n) is 2.85. The highest BCUT2D eigenvalue weighted by Crippen LogP contribution is 2.17. The monoisotopic (exact) mass is 235 g/mol. The molecule has 0 aromatic heterocycles. The van der Waals surface area contributed by atoms with Crippen molar-refractivity contribution >= 4 is 10.2 Å². The van der Waals surface area contributed by atoms with Crippen LogP contribution in [-0.4, -0.2) is 67.5 Å². The molecule has 0 saturated carbocycles. The van der Waals surface area contributed by atoms with E-state index in [1.165, 1.54) is 8.61 Å². The van der Waals surface area contributed by atoms with Gasteiger partial charge in [-0.25, -0.2) is 0 Å². The molecule has 2 fully saturated rings. The highest BCUT2D eigenvalue weighted by Gasteiger charge is 2.35. The van der Waals surface area contributed by atoms with Crippen LogP contribution < -0.4 is 5.32 Å². The number of rotatable bonds is 2. The van der Waals surface area contributed by atoms with Gasteiger partial charge in [-0.3, -0.25) is 0 Å². The summed E-state index contributed by atoms with van der Waals surface area (Å²) in [7, 11) is -3.33. The Bertz CT molecular complexity index is 302. The first kappa shape index (κ1) is 11.3.